The molecule has 0 atom stereocenters. The third kappa shape index (κ3) is 2.89. The van der Waals surface area contributed by atoms with Crippen LogP contribution in [0.4, 0.5) is 0 Å². The number of hydrogen-bond donors (Lipinski definition) is 0. The Labute approximate surface area is 119 Å². The van der Waals surface area contributed by atoms with Crippen LogP contribution in [-0.2, 0) is 9.53 Å². The van der Waals surface area contributed by atoms with Gasteiger partial charge < -0.3 is 4.74 Å². The number of nitrogens with zero attached hydrogens (tertiary/aromatic N) is 2. The van der Waals surface area contributed by atoms with E-state index in [1.54, 1.807) is 41.9 Å². The van der Waals surface area contributed by atoms with Crippen LogP contribution in [0.3, 0.4) is 0 Å². The average molecular weight is 282 g/mol. The Balaban J connectivity index is 1.80. The summed E-state index contributed by atoms with van der Waals surface area (Å²) in [6.45, 7) is 0. The highest BCUT2D eigenvalue weighted by Gasteiger charge is 2.20. The second-order valence-corrected chi connectivity index (χ2v) is 4.83. The maximum atomic E-state index is 11.7. The number of aromatic nitrogens is 1. The fourth-order valence-corrected chi connectivity index (χ4v) is 2.28. The summed E-state index contributed by atoms with van der Waals surface area (Å²) in [5.74, 6) is -0.143. The van der Waals surface area contributed by atoms with Gasteiger partial charge in [-0.15, -0.1) is 0 Å². The van der Waals surface area contributed by atoms with Crippen molar-refractivity contribution in [1.29, 1.82) is 0 Å². The van der Waals surface area contributed by atoms with Crippen LogP contribution in [-0.4, -0.2) is 16.9 Å². The number of carbonyl (C=O) groups excluding carboxylic acids is 1. The number of thiophene rings is 1. The molecule has 1 aliphatic rings. The van der Waals surface area contributed by atoms with E-state index in [0.29, 0.717) is 5.90 Å². The molecule has 0 radical (unpaired) electrons. The van der Waals surface area contributed by atoms with Crippen LogP contribution in [0.15, 0.2) is 58.1 Å². The van der Waals surface area contributed by atoms with E-state index >= 15 is 0 Å². The average Bonchev–Trinajstić information content (AvgIpc) is 3.08. The summed E-state index contributed by atoms with van der Waals surface area (Å²) < 4.78 is 5.08. The van der Waals surface area contributed by atoms with Crippen LogP contribution < -0.4 is 0 Å². The Kier molecular flexibility index (Phi) is 3.52. The number of aliphatic imine (C=N–C) groups is 1. The van der Waals surface area contributed by atoms with Crippen LogP contribution in [0.2, 0.25) is 0 Å². The van der Waals surface area contributed by atoms with E-state index < -0.39 is 5.97 Å². The van der Waals surface area contributed by atoms with Gasteiger partial charge in [0.15, 0.2) is 5.70 Å². The molecule has 2 aromatic rings. The van der Waals surface area contributed by atoms with Crippen LogP contribution in [0.1, 0.15) is 11.1 Å². The molecule has 0 N–H and O–H groups in total. The number of cyclic esters (lactones) is 1. The minimum atomic E-state index is -0.446. The number of pyridine rings is 1. The van der Waals surface area contributed by atoms with Crippen molar-refractivity contribution in [2.45, 2.75) is 0 Å². The summed E-state index contributed by atoms with van der Waals surface area (Å²) in [5, 5.41) is 3.98. The lowest BCUT2D eigenvalue weighted by molar-refractivity contribution is -0.129. The monoisotopic (exact) mass is 282 g/mol. The van der Waals surface area contributed by atoms with Crippen LogP contribution in [0.25, 0.3) is 12.2 Å². The zero-order valence-corrected chi connectivity index (χ0v) is 11.2. The SMILES string of the molecule is O=C1OC(C=Cc2ccsc2)=NC1=Cc1cccnc1. The fraction of sp³-hybridized carbons (Fsp3) is 0. The van der Waals surface area contributed by atoms with E-state index in [9.17, 15) is 4.79 Å². The molecule has 0 amide bonds. The van der Waals surface area contributed by atoms with Gasteiger partial charge >= 0.3 is 5.97 Å². The second-order valence-electron chi connectivity index (χ2n) is 4.05. The molecule has 0 bridgehead atoms. The van der Waals surface area contributed by atoms with Crippen LogP contribution >= 0.6 is 11.3 Å². The molecule has 0 aromatic carbocycles. The van der Waals surface area contributed by atoms with Crippen molar-refractivity contribution in [2.24, 2.45) is 4.99 Å². The Morgan fingerprint density at radius 3 is 2.90 bits per heavy atom. The molecule has 98 valence electrons. The highest BCUT2D eigenvalue weighted by Crippen LogP contribution is 2.16. The Morgan fingerprint density at radius 1 is 1.20 bits per heavy atom. The van der Waals surface area contributed by atoms with E-state index in [1.165, 1.54) is 0 Å². The Bertz CT molecular complexity index is 701. The zero-order chi connectivity index (χ0) is 13.8. The van der Waals surface area contributed by atoms with Crippen molar-refractivity contribution < 1.29 is 9.53 Å². The van der Waals surface area contributed by atoms with E-state index in [1.807, 2.05) is 29.0 Å². The summed E-state index contributed by atoms with van der Waals surface area (Å²) in [6, 6.07) is 5.63. The predicted octanol–water partition coefficient (Wildman–Crippen LogP) is 3.15. The number of rotatable bonds is 3. The molecule has 2 aromatic heterocycles. The smallest absolute Gasteiger partial charge is 0.363 e. The minimum absolute atomic E-state index is 0.281. The van der Waals surface area contributed by atoms with Crippen molar-refractivity contribution >= 4 is 35.4 Å². The van der Waals surface area contributed by atoms with Gasteiger partial charge in [0.05, 0.1) is 0 Å². The molecule has 3 rings (SSSR count). The fourth-order valence-electron chi connectivity index (χ4n) is 1.65. The topological polar surface area (TPSA) is 51.5 Å². The quantitative estimate of drug-likeness (QED) is 0.642. The summed E-state index contributed by atoms with van der Waals surface area (Å²) in [5.41, 5.74) is 2.15. The van der Waals surface area contributed by atoms with Crippen molar-refractivity contribution in [3.05, 3.63) is 64.3 Å². The third-order valence-electron chi connectivity index (χ3n) is 2.59. The van der Waals surface area contributed by atoms with E-state index in [2.05, 4.69) is 9.98 Å². The minimum Gasteiger partial charge on any atom is -0.403 e. The lowest BCUT2D eigenvalue weighted by Crippen LogP contribution is -2.01. The molecule has 0 spiro atoms. The van der Waals surface area contributed by atoms with E-state index in [-0.39, 0.29) is 5.70 Å². The van der Waals surface area contributed by atoms with E-state index in [4.69, 9.17) is 4.74 Å². The van der Waals surface area contributed by atoms with Gasteiger partial charge in [-0.05, 0) is 46.2 Å². The number of hydrogen-bond acceptors (Lipinski definition) is 5. The molecule has 1 aliphatic heterocycles. The molecular formula is C15H10N2O2S. The maximum Gasteiger partial charge on any atom is 0.363 e. The summed E-state index contributed by atoms with van der Waals surface area (Å²) >= 11 is 1.61. The van der Waals surface area contributed by atoms with Gasteiger partial charge in [0.2, 0.25) is 5.90 Å². The third-order valence-corrected chi connectivity index (χ3v) is 3.29. The van der Waals surface area contributed by atoms with E-state index in [0.717, 1.165) is 11.1 Å². The largest absolute Gasteiger partial charge is 0.403 e. The molecule has 3 heterocycles. The lowest BCUT2D eigenvalue weighted by atomic mass is 10.2. The zero-order valence-electron chi connectivity index (χ0n) is 10.4. The van der Waals surface area contributed by atoms with Gasteiger partial charge in [0, 0.05) is 18.5 Å². The molecule has 0 unspecified atom stereocenters. The van der Waals surface area contributed by atoms with Gasteiger partial charge in [0.1, 0.15) is 0 Å². The molecule has 5 heteroatoms. The predicted molar refractivity (Wildman–Crippen MR) is 79.1 cm³/mol. The first-order valence-corrected chi connectivity index (χ1v) is 6.88. The molecule has 0 saturated carbocycles. The van der Waals surface area contributed by atoms with Crippen LogP contribution in [0.5, 0.6) is 0 Å². The summed E-state index contributed by atoms with van der Waals surface area (Å²) in [4.78, 5) is 19.8. The first-order chi connectivity index (χ1) is 9.81. The highest BCUT2D eigenvalue weighted by atomic mass is 32.1. The van der Waals surface area contributed by atoms with Crippen molar-refractivity contribution in [3.63, 3.8) is 0 Å². The molecule has 0 aliphatic carbocycles. The number of esters is 1. The summed E-state index contributed by atoms with van der Waals surface area (Å²) in [6.07, 6.45) is 8.53. The number of carbonyl (C=O) groups is 1. The Morgan fingerprint density at radius 2 is 2.15 bits per heavy atom. The normalized spacial score (nSPS) is 16.7. The maximum absolute atomic E-state index is 11.7. The molecule has 0 saturated heterocycles. The van der Waals surface area contributed by atoms with Gasteiger partial charge in [-0.3, -0.25) is 4.98 Å². The lowest BCUT2D eigenvalue weighted by Gasteiger charge is -1.91. The van der Waals surface area contributed by atoms with Gasteiger partial charge in [-0.1, -0.05) is 6.07 Å². The standard InChI is InChI=1S/C15H10N2O2S/c18-15-13(8-12-2-1-6-16-9-12)17-14(19-15)4-3-11-5-7-20-10-11/h1-10H. The van der Waals surface area contributed by atoms with Crippen molar-refractivity contribution in [3.8, 4) is 0 Å². The first-order valence-electron chi connectivity index (χ1n) is 5.94. The van der Waals surface area contributed by atoms with Crippen molar-refractivity contribution in [2.75, 3.05) is 0 Å². The first kappa shape index (κ1) is 12.5. The molecule has 4 nitrogen and oxygen atoms in total. The Hall–Kier alpha value is -2.53. The van der Waals surface area contributed by atoms with Gasteiger partial charge in [-0.25, -0.2) is 9.79 Å². The highest BCUT2D eigenvalue weighted by molar-refractivity contribution is 7.08. The number of ether oxygens (including phenoxy) is 1. The molecule has 20 heavy (non-hydrogen) atoms. The van der Waals surface area contributed by atoms with Crippen molar-refractivity contribution in [1.82, 2.24) is 4.98 Å². The molecular weight excluding hydrogens is 272 g/mol. The second kappa shape index (κ2) is 5.63. The summed E-state index contributed by atoms with van der Waals surface area (Å²) in [7, 11) is 0. The molecule has 0 fully saturated rings. The van der Waals surface area contributed by atoms with Gasteiger partial charge in [0.25, 0.3) is 0 Å². The van der Waals surface area contributed by atoms with Gasteiger partial charge in [-0.2, -0.15) is 11.3 Å². The van der Waals surface area contributed by atoms with Crippen LogP contribution in [0, 0.1) is 0 Å².